The third kappa shape index (κ3) is 2.05. The SMILES string of the molecule is O=C1CCCN1CCc1noc([C@H]2C[C@@H]3C=C[C@H]2C3)n1. The molecule has 1 amide bonds. The van der Waals surface area contributed by atoms with Gasteiger partial charge in [-0.3, -0.25) is 4.79 Å². The van der Waals surface area contributed by atoms with Gasteiger partial charge in [0.05, 0.1) is 0 Å². The molecular weight excluding hydrogens is 254 g/mol. The van der Waals surface area contributed by atoms with Crippen molar-refractivity contribution in [3.05, 3.63) is 23.9 Å². The number of carbonyl (C=O) groups is 1. The Balaban J connectivity index is 1.38. The maximum atomic E-state index is 11.6. The molecule has 106 valence electrons. The summed E-state index contributed by atoms with van der Waals surface area (Å²) in [5.74, 6) is 3.51. The quantitative estimate of drug-likeness (QED) is 0.786. The Kier molecular flexibility index (Phi) is 2.86. The summed E-state index contributed by atoms with van der Waals surface area (Å²) in [5, 5.41) is 4.08. The third-order valence-corrected chi connectivity index (χ3v) is 4.86. The number of amides is 1. The molecule has 0 spiro atoms. The molecule has 3 atom stereocenters. The van der Waals surface area contributed by atoms with Gasteiger partial charge in [0.1, 0.15) is 0 Å². The van der Waals surface area contributed by atoms with Crippen LogP contribution in [0.5, 0.6) is 0 Å². The average Bonchev–Trinajstić information content (AvgIpc) is 3.21. The van der Waals surface area contributed by atoms with Crippen LogP contribution in [-0.2, 0) is 11.2 Å². The molecule has 0 unspecified atom stereocenters. The molecule has 3 aliphatic rings. The summed E-state index contributed by atoms with van der Waals surface area (Å²) >= 11 is 0. The zero-order valence-corrected chi connectivity index (χ0v) is 11.5. The Morgan fingerprint density at radius 1 is 1.35 bits per heavy atom. The predicted octanol–water partition coefficient (Wildman–Crippen LogP) is 1.91. The highest BCUT2D eigenvalue weighted by atomic mass is 16.5. The van der Waals surface area contributed by atoms with E-state index in [1.165, 1.54) is 6.42 Å². The van der Waals surface area contributed by atoms with E-state index >= 15 is 0 Å². The summed E-state index contributed by atoms with van der Waals surface area (Å²) < 4.78 is 5.44. The molecule has 2 heterocycles. The number of aromatic nitrogens is 2. The zero-order chi connectivity index (χ0) is 13.5. The number of rotatable bonds is 4. The Labute approximate surface area is 118 Å². The molecule has 2 aliphatic carbocycles. The summed E-state index contributed by atoms with van der Waals surface area (Å²) in [6.45, 7) is 1.59. The minimum absolute atomic E-state index is 0.256. The second kappa shape index (κ2) is 4.72. The van der Waals surface area contributed by atoms with Crippen molar-refractivity contribution in [3.63, 3.8) is 0 Å². The van der Waals surface area contributed by atoms with Crippen LogP contribution in [0.15, 0.2) is 16.7 Å². The monoisotopic (exact) mass is 273 g/mol. The summed E-state index contributed by atoms with van der Waals surface area (Å²) in [6.07, 6.45) is 9.37. The van der Waals surface area contributed by atoms with Gasteiger partial charge in [-0.25, -0.2) is 0 Å². The van der Waals surface area contributed by atoms with E-state index in [1.54, 1.807) is 0 Å². The normalized spacial score (nSPS) is 31.7. The van der Waals surface area contributed by atoms with Crippen LogP contribution in [0.25, 0.3) is 0 Å². The number of carbonyl (C=O) groups excluding carboxylic acids is 1. The molecule has 1 saturated heterocycles. The van der Waals surface area contributed by atoms with Crippen molar-refractivity contribution >= 4 is 5.91 Å². The maximum absolute atomic E-state index is 11.6. The lowest BCUT2D eigenvalue weighted by Crippen LogP contribution is -2.27. The fourth-order valence-electron chi connectivity index (χ4n) is 3.76. The zero-order valence-electron chi connectivity index (χ0n) is 11.5. The third-order valence-electron chi connectivity index (χ3n) is 4.86. The first-order valence-electron chi connectivity index (χ1n) is 7.58. The first-order valence-corrected chi connectivity index (χ1v) is 7.58. The fourth-order valence-corrected chi connectivity index (χ4v) is 3.76. The number of fused-ring (bicyclic) bond motifs is 2. The largest absolute Gasteiger partial charge is 0.342 e. The highest BCUT2D eigenvalue weighted by Gasteiger charge is 2.39. The standard InChI is InChI=1S/C15H19N3O2/c19-14-2-1-6-18(14)7-5-13-16-15(20-17-13)12-9-10-3-4-11(12)8-10/h3-4,10-12H,1-2,5-9H2/t10-,11+,12+/m1/s1. The molecule has 4 rings (SSSR count). The van der Waals surface area contributed by atoms with Crippen molar-refractivity contribution in [3.8, 4) is 0 Å². The van der Waals surface area contributed by atoms with Gasteiger partial charge in [-0.15, -0.1) is 0 Å². The highest BCUT2D eigenvalue weighted by molar-refractivity contribution is 5.78. The van der Waals surface area contributed by atoms with Crippen molar-refractivity contribution in [2.45, 2.75) is 38.0 Å². The molecule has 5 heteroatoms. The average molecular weight is 273 g/mol. The number of hydrogen-bond donors (Lipinski definition) is 0. The molecule has 2 fully saturated rings. The second-order valence-corrected chi connectivity index (χ2v) is 6.17. The number of allylic oxidation sites excluding steroid dienone is 2. The number of nitrogens with zero attached hydrogens (tertiary/aromatic N) is 3. The van der Waals surface area contributed by atoms with Crippen molar-refractivity contribution in [2.24, 2.45) is 11.8 Å². The summed E-state index contributed by atoms with van der Waals surface area (Å²) in [6, 6.07) is 0. The summed E-state index contributed by atoms with van der Waals surface area (Å²) in [5.41, 5.74) is 0. The molecule has 0 aromatic carbocycles. The Morgan fingerprint density at radius 3 is 3.00 bits per heavy atom. The van der Waals surface area contributed by atoms with E-state index in [0.717, 1.165) is 31.1 Å². The maximum Gasteiger partial charge on any atom is 0.230 e. The smallest absolute Gasteiger partial charge is 0.230 e. The van der Waals surface area contributed by atoms with Crippen molar-refractivity contribution in [2.75, 3.05) is 13.1 Å². The molecule has 5 nitrogen and oxygen atoms in total. The molecule has 0 N–H and O–H groups in total. The van der Waals surface area contributed by atoms with Crippen LogP contribution < -0.4 is 0 Å². The minimum atomic E-state index is 0.256. The van der Waals surface area contributed by atoms with Gasteiger partial charge in [-0.2, -0.15) is 4.98 Å². The van der Waals surface area contributed by atoms with E-state index in [9.17, 15) is 4.79 Å². The minimum Gasteiger partial charge on any atom is -0.342 e. The predicted molar refractivity (Wildman–Crippen MR) is 71.9 cm³/mol. The van der Waals surface area contributed by atoms with E-state index in [0.29, 0.717) is 37.1 Å². The van der Waals surface area contributed by atoms with E-state index in [4.69, 9.17) is 4.52 Å². The lowest BCUT2D eigenvalue weighted by atomic mass is 9.94. The van der Waals surface area contributed by atoms with Gasteiger partial charge in [0.2, 0.25) is 11.8 Å². The van der Waals surface area contributed by atoms with E-state index in [-0.39, 0.29) is 5.91 Å². The molecule has 1 aromatic heterocycles. The van der Waals surface area contributed by atoms with Crippen LogP contribution in [0.1, 0.15) is 43.3 Å². The molecular formula is C15H19N3O2. The molecule has 20 heavy (non-hydrogen) atoms. The number of hydrogen-bond acceptors (Lipinski definition) is 4. The topological polar surface area (TPSA) is 59.2 Å². The molecule has 1 aliphatic heterocycles. The first kappa shape index (κ1) is 12.1. The molecule has 2 bridgehead atoms. The lowest BCUT2D eigenvalue weighted by molar-refractivity contribution is -0.127. The Bertz CT molecular complexity index is 551. The Hall–Kier alpha value is -1.65. The molecule has 0 radical (unpaired) electrons. The van der Waals surface area contributed by atoms with Gasteiger partial charge >= 0.3 is 0 Å². The van der Waals surface area contributed by atoms with E-state index in [2.05, 4.69) is 22.3 Å². The second-order valence-electron chi connectivity index (χ2n) is 6.17. The molecule has 1 aromatic rings. The van der Waals surface area contributed by atoms with Crippen LogP contribution in [0, 0.1) is 11.8 Å². The van der Waals surface area contributed by atoms with Crippen molar-refractivity contribution in [1.29, 1.82) is 0 Å². The number of likely N-dealkylation sites (tertiary alicyclic amines) is 1. The van der Waals surface area contributed by atoms with Gasteiger partial charge in [-0.1, -0.05) is 17.3 Å². The van der Waals surface area contributed by atoms with Crippen LogP contribution in [-0.4, -0.2) is 34.0 Å². The van der Waals surface area contributed by atoms with Gasteiger partial charge in [0, 0.05) is 31.8 Å². The van der Waals surface area contributed by atoms with Gasteiger partial charge in [-0.05, 0) is 31.1 Å². The van der Waals surface area contributed by atoms with E-state index in [1.807, 2.05) is 4.90 Å². The van der Waals surface area contributed by atoms with Crippen LogP contribution in [0.2, 0.25) is 0 Å². The molecule has 1 saturated carbocycles. The summed E-state index contributed by atoms with van der Waals surface area (Å²) in [7, 11) is 0. The van der Waals surface area contributed by atoms with E-state index < -0.39 is 0 Å². The fraction of sp³-hybridized carbons (Fsp3) is 0.667. The first-order chi connectivity index (χ1) is 9.79. The lowest BCUT2D eigenvalue weighted by Gasteiger charge is -2.13. The van der Waals surface area contributed by atoms with Gasteiger partial charge in [0.15, 0.2) is 5.82 Å². The highest BCUT2D eigenvalue weighted by Crippen LogP contribution is 2.48. The van der Waals surface area contributed by atoms with Crippen LogP contribution in [0.3, 0.4) is 0 Å². The van der Waals surface area contributed by atoms with Gasteiger partial charge in [0.25, 0.3) is 0 Å². The van der Waals surface area contributed by atoms with Crippen LogP contribution in [0.4, 0.5) is 0 Å². The summed E-state index contributed by atoms with van der Waals surface area (Å²) in [4.78, 5) is 18.0. The van der Waals surface area contributed by atoms with Crippen LogP contribution >= 0.6 is 0 Å². The Morgan fingerprint density at radius 2 is 2.30 bits per heavy atom. The van der Waals surface area contributed by atoms with Crippen molar-refractivity contribution < 1.29 is 9.32 Å². The van der Waals surface area contributed by atoms with Crippen molar-refractivity contribution in [1.82, 2.24) is 15.0 Å². The van der Waals surface area contributed by atoms with Gasteiger partial charge < -0.3 is 9.42 Å².